The number of terminal acetylenes is 1. The van der Waals surface area contributed by atoms with Gasteiger partial charge in [0.25, 0.3) is 0 Å². The highest BCUT2D eigenvalue weighted by atomic mass is 16.1. The molecule has 0 spiro atoms. The van der Waals surface area contributed by atoms with Gasteiger partial charge in [-0.05, 0) is 12.1 Å². The summed E-state index contributed by atoms with van der Waals surface area (Å²) >= 11 is 0. The number of nitrogens with zero attached hydrogens (tertiary/aromatic N) is 2. The summed E-state index contributed by atoms with van der Waals surface area (Å²) in [6.45, 7) is 0.411. The second kappa shape index (κ2) is 3.84. The third-order valence-electron chi connectivity index (χ3n) is 2.14. The van der Waals surface area contributed by atoms with E-state index in [0.717, 1.165) is 16.8 Å². The Balaban J connectivity index is 2.47. The van der Waals surface area contributed by atoms with E-state index in [0.29, 0.717) is 13.0 Å². The Kier molecular flexibility index (Phi) is 2.38. The van der Waals surface area contributed by atoms with E-state index in [2.05, 4.69) is 16.2 Å². The summed E-state index contributed by atoms with van der Waals surface area (Å²) in [7, 11) is 0. The number of pyridine rings is 1. The lowest BCUT2D eigenvalue weighted by Gasteiger charge is -1.98. The highest BCUT2D eigenvalue weighted by Gasteiger charge is 2.03. The minimum atomic E-state index is 0.411. The van der Waals surface area contributed by atoms with Crippen LogP contribution in [0.15, 0.2) is 24.7 Å². The summed E-state index contributed by atoms with van der Waals surface area (Å²) in [5, 5.41) is 2.57. The van der Waals surface area contributed by atoms with Crippen molar-refractivity contribution in [3.8, 4) is 12.3 Å². The SMILES string of the molecule is C#Cc1ccn2cnc(CNC=O)c2c1. The summed E-state index contributed by atoms with van der Waals surface area (Å²) in [4.78, 5) is 14.4. The number of fused-ring (bicyclic) bond motifs is 1. The van der Waals surface area contributed by atoms with E-state index in [1.807, 2.05) is 22.7 Å². The molecule has 0 saturated heterocycles. The smallest absolute Gasteiger partial charge is 0.207 e. The number of hydrogen-bond donors (Lipinski definition) is 1. The van der Waals surface area contributed by atoms with Gasteiger partial charge in [0.1, 0.15) is 0 Å². The molecule has 0 saturated carbocycles. The number of imidazole rings is 1. The van der Waals surface area contributed by atoms with Gasteiger partial charge in [-0.15, -0.1) is 6.42 Å². The van der Waals surface area contributed by atoms with Crippen LogP contribution in [-0.2, 0) is 11.3 Å². The third-order valence-corrected chi connectivity index (χ3v) is 2.14. The molecule has 4 nitrogen and oxygen atoms in total. The number of amides is 1. The van der Waals surface area contributed by atoms with E-state index in [1.165, 1.54) is 0 Å². The molecule has 74 valence electrons. The fourth-order valence-electron chi connectivity index (χ4n) is 1.41. The van der Waals surface area contributed by atoms with E-state index in [9.17, 15) is 4.79 Å². The molecule has 0 aliphatic heterocycles. The van der Waals surface area contributed by atoms with E-state index in [-0.39, 0.29) is 0 Å². The summed E-state index contributed by atoms with van der Waals surface area (Å²) in [6.07, 6.45) is 9.50. The second-order valence-electron chi connectivity index (χ2n) is 3.04. The first-order chi connectivity index (χ1) is 7.35. The van der Waals surface area contributed by atoms with Crippen molar-refractivity contribution in [2.24, 2.45) is 0 Å². The average Bonchev–Trinajstić information content (AvgIpc) is 2.68. The Labute approximate surface area is 86.9 Å². The van der Waals surface area contributed by atoms with Gasteiger partial charge in [0.15, 0.2) is 0 Å². The van der Waals surface area contributed by atoms with Gasteiger partial charge in [0, 0.05) is 11.8 Å². The Morgan fingerprint density at radius 2 is 2.53 bits per heavy atom. The van der Waals surface area contributed by atoms with Crippen LogP contribution in [0, 0.1) is 12.3 Å². The van der Waals surface area contributed by atoms with Crippen LogP contribution in [0.5, 0.6) is 0 Å². The molecule has 2 aromatic heterocycles. The molecule has 1 amide bonds. The first kappa shape index (κ1) is 9.28. The maximum Gasteiger partial charge on any atom is 0.207 e. The Morgan fingerprint density at radius 3 is 3.27 bits per heavy atom. The zero-order valence-corrected chi connectivity index (χ0v) is 7.97. The second-order valence-corrected chi connectivity index (χ2v) is 3.04. The first-order valence-corrected chi connectivity index (χ1v) is 4.44. The van der Waals surface area contributed by atoms with Crippen molar-refractivity contribution in [1.82, 2.24) is 14.7 Å². The van der Waals surface area contributed by atoms with Gasteiger partial charge in [0.05, 0.1) is 24.1 Å². The maximum atomic E-state index is 10.2. The normalized spacial score (nSPS) is 9.80. The number of carbonyl (C=O) groups is 1. The van der Waals surface area contributed by atoms with Crippen molar-refractivity contribution in [2.75, 3.05) is 0 Å². The lowest BCUT2D eigenvalue weighted by molar-refractivity contribution is -0.109. The lowest BCUT2D eigenvalue weighted by Crippen LogP contribution is -2.10. The van der Waals surface area contributed by atoms with Crippen molar-refractivity contribution >= 4 is 11.9 Å². The molecule has 4 heteroatoms. The Bertz CT molecular complexity index is 536. The molecule has 0 aromatic carbocycles. The van der Waals surface area contributed by atoms with Crippen molar-refractivity contribution in [2.45, 2.75) is 6.54 Å². The molecule has 0 aliphatic rings. The average molecular weight is 199 g/mol. The van der Waals surface area contributed by atoms with Gasteiger partial charge in [0.2, 0.25) is 6.41 Å². The quantitative estimate of drug-likeness (QED) is 0.580. The molecule has 0 bridgehead atoms. The number of rotatable bonds is 3. The summed E-state index contributed by atoms with van der Waals surface area (Å²) in [6, 6.07) is 3.71. The largest absolute Gasteiger partial charge is 0.353 e. The first-order valence-electron chi connectivity index (χ1n) is 4.44. The predicted molar refractivity (Wildman–Crippen MR) is 56.0 cm³/mol. The zero-order chi connectivity index (χ0) is 10.7. The van der Waals surface area contributed by atoms with Crippen LogP contribution in [-0.4, -0.2) is 15.8 Å². The summed E-state index contributed by atoms with van der Waals surface area (Å²) in [5.74, 6) is 2.56. The fraction of sp³-hybridized carbons (Fsp3) is 0.0909. The molecule has 0 radical (unpaired) electrons. The molecule has 2 aromatic rings. The van der Waals surface area contributed by atoms with Crippen molar-refractivity contribution in [1.29, 1.82) is 0 Å². The van der Waals surface area contributed by atoms with E-state index < -0.39 is 0 Å². The van der Waals surface area contributed by atoms with Gasteiger partial charge in [-0.2, -0.15) is 0 Å². The zero-order valence-electron chi connectivity index (χ0n) is 7.97. The Hall–Kier alpha value is -2.28. The van der Waals surface area contributed by atoms with Crippen LogP contribution in [0.4, 0.5) is 0 Å². The van der Waals surface area contributed by atoms with Crippen molar-refractivity contribution < 1.29 is 4.79 Å². The summed E-state index contributed by atoms with van der Waals surface area (Å²) < 4.78 is 1.86. The van der Waals surface area contributed by atoms with Crippen LogP contribution >= 0.6 is 0 Å². The molecule has 15 heavy (non-hydrogen) atoms. The molecule has 2 heterocycles. The number of carbonyl (C=O) groups excluding carboxylic acids is 1. The fourth-order valence-corrected chi connectivity index (χ4v) is 1.41. The third kappa shape index (κ3) is 1.67. The molecule has 1 N–H and O–H groups in total. The molecule has 0 unspecified atom stereocenters. The molecular formula is C11H9N3O. The van der Waals surface area contributed by atoms with Crippen LogP contribution in [0.1, 0.15) is 11.3 Å². The molecule has 2 rings (SSSR count). The van der Waals surface area contributed by atoms with E-state index in [1.54, 1.807) is 6.33 Å². The summed E-state index contributed by atoms with van der Waals surface area (Å²) in [5.41, 5.74) is 2.52. The Morgan fingerprint density at radius 1 is 1.67 bits per heavy atom. The highest BCUT2D eigenvalue weighted by molar-refractivity contribution is 5.57. The minimum Gasteiger partial charge on any atom is -0.353 e. The van der Waals surface area contributed by atoms with Crippen LogP contribution < -0.4 is 5.32 Å². The van der Waals surface area contributed by atoms with Gasteiger partial charge < -0.3 is 9.72 Å². The lowest BCUT2D eigenvalue weighted by atomic mass is 10.2. The van der Waals surface area contributed by atoms with Crippen molar-refractivity contribution in [3.05, 3.63) is 35.9 Å². The van der Waals surface area contributed by atoms with Gasteiger partial charge in [-0.1, -0.05) is 5.92 Å². The van der Waals surface area contributed by atoms with Gasteiger partial charge >= 0.3 is 0 Å². The molecular weight excluding hydrogens is 190 g/mol. The van der Waals surface area contributed by atoms with Gasteiger partial charge in [-0.25, -0.2) is 4.98 Å². The predicted octanol–water partition coefficient (Wildman–Crippen LogP) is 0.562. The van der Waals surface area contributed by atoms with Crippen LogP contribution in [0.3, 0.4) is 0 Å². The molecule has 0 aliphatic carbocycles. The topological polar surface area (TPSA) is 46.4 Å². The van der Waals surface area contributed by atoms with E-state index in [4.69, 9.17) is 6.42 Å². The highest BCUT2D eigenvalue weighted by Crippen LogP contribution is 2.11. The minimum absolute atomic E-state index is 0.411. The number of nitrogens with one attached hydrogen (secondary N) is 1. The maximum absolute atomic E-state index is 10.2. The van der Waals surface area contributed by atoms with Crippen LogP contribution in [0.2, 0.25) is 0 Å². The van der Waals surface area contributed by atoms with E-state index >= 15 is 0 Å². The van der Waals surface area contributed by atoms with Gasteiger partial charge in [-0.3, -0.25) is 4.79 Å². The standard InChI is InChI=1S/C11H9N3O/c1-2-9-3-4-14-7-13-10(6-12-8-15)11(14)5-9/h1,3-5,7-8H,6H2,(H,12,15). The number of hydrogen-bond acceptors (Lipinski definition) is 2. The van der Waals surface area contributed by atoms with Crippen molar-refractivity contribution in [3.63, 3.8) is 0 Å². The van der Waals surface area contributed by atoms with Crippen LogP contribution in [0.25, 0.3) is 5.52 Å². The monoisotopic (exact) mass is 199 g/mol. The number of aromatic nitrogens is 2. The molecule has 0 fully saturated rings. The molecule has 0 atom stereocenters.